The molecule has 1 atom stereocenters. The van der Waals surface area contributed by atoms with Crippen LogP contribution >= 0.6 is 0 Å². The highest BCUT2D eigenvalue weighted by atomic mass is 32.2. The molecule has 96 valence electrons. The Morgan fingerprint density at radius 1 is 1.41 bits per heavy atom. The highest BCUT2D eigenvalue weighted by Crippen LogP contribution is 2.18. The summed E-state index contributed by atoms with van der Waals surface area (Å²) in [4.78, 5) is 0. The molecule has 0 aromatic heterocycles. The van der Waals surface area contributed by atoms with E-state index in [1.165, 1.54) is 12.1 Å². The number of aryl methyl sites for hydroxylation is 1. The summed E-state index contributed by atoms with van der Waals surface area (Å²) >= 11 is 0. The van der Waals surface area contributed by atoms with Gasteiger partial charge in [0.25, 0.3) is 0 Å². The van der Waals surface area contributed by atoms with E-state index in [9.17, 15) is 12.8 Å². The summed E-state index contributed by atoms with van der Waals surface area (Å²) in [7, 11) is -1.90. The van der Waals surface area contributed by atoms with Gasteiger partial charge in [0.2, 0.25) is 10.0 Å². The lowest BCUT2D eigenvalue weighted by molar-refractivity contribution is 0.582. The van der Waals surface area contributed by atoms with Crippen LogP contribution in [0.25, 0.3) is 0 Å². The average molecular weight is 260 g/mol. The second-order valence-corrected chi connectivity index (χ2v) is 6.10. The molecule has 1 rings (SSSR count). The molecule has 1 unspecified atom stereocenters. The van der Waals surface area contributed by atoms with Crippen LogP contribution in [0.5, 0.6) is 0 Å². The fourth-order valence-corrected chi connectivity index (χ4v) is 2.42. The van der Waals surface area contributed by atoms with Gasteiger partial charge in [-0.2, -0.15) is 0 Å². The molecule has 2 N–H and O–H groups in total. The standard InChI is InChI=1S/C11H17FN2O2S/c1-8-4-5-10(12)11(6-8)14-17(15,16)9(2)7-13-3/h4-6,9,13-14H,7H2,1-3H3. The summed E-state index contributed by atoms with van der Waals surface area (Å²) in [5.41, 5.74) is 0.790. The molecule has 0 aliphatic carbocycles. The molecule has 1 aromatic carbocycles. The first-order valence-corrected chi connectivity index (χ1v) is 6.84. The predicted molar refractivity (Wildman–Crippen MR) is 67.1 cm³/mol. The van der Waals surface area contributed by atoms with Crippen molar-refractivity contribution in [1.82, 2.24) is 5.32 Å². The van der Waals surface area contributed by atoms with Crippen LogP contribution in [0.4, 0.5) is 10.1 Å². The molecule has 0 spiro atoms. The Kier molecular flexibility index (Phi) is 4.47. The lowest BCUT2D eigenvalue weighted by Gasteiger charge is -2.15. The van der Waals surface area contributed by atoms with Gasteiger partial charge >= 0.3 is 0 Å². The molecular weight excluding hydrogens is 243 g/mol. The van der Waals surface area contributed by atoms with Crippen molar-refractivity contribution in [1.29, 1.82) is 0 Å². The molecule has 1 aromatic rings. The van der Waals surface area contributed by atoms with Gasteiger partial charge in [-0.05, 0) is 38.6 Å². The number of sulfonamides is 1. The first-order chi connectivity index (χ1) is 7.86. The monoisotopic (exact) mass is 260 g/mol. The van der Waals surface area contributed by atoms with E-state index in [2.05, 4.69) is 10.0 Å². The SMILES string of the molecule is CNCC(C)S(=O)(=O)Nc1cc(C)ccc1F. The van der Waals surface area contributed by atoms with Gasteiger partial charge in [0, 0.05) is 6.54 Å². The third kappa shape index (κ3) is 3.67. The average Bonchev–Trinajstić information content (AvgIpc) is 2.23. The molecule has 0 saturated carbocycles. The fourth-order valence-electron chi connectivity index (χ4n) is 1.37. The van der Waals surface area contributed by atoms with Crippen molar-refractivity contribution >= 4 is 15.7 Å². The zero-order valence-corrected chi connectivity index (χ0v) is 10.9. The maximum atomic E-state index is 13.4. The van der Waals surface area contributed by atoms with Crippen LogP contribution in [0.15, 0.2) is 18.2 Å². The minimum absolute atomic E-state index is 0.00652. The van der Waals surface area contributed by atoms with Crippen molar-refractivity contribution in [3.8, 4) is 0 Å². The van der Waals surface area contributed by atoms with Gasteiger partial charge in [0.05, 0.1) is 10.9 Å². The molecule has 0 saturated heterocycles. The fraction of sp³-hybridized carbons (Fsp3) is 0.455. The van der Waals surface area contributed by atoms with E-state index in [0.717, 1.165) is 5.56 Å². The van der Waals surface area contributed by atoms with Crippen molar-refractivity contribution in [3.05, 3.63) is 29.6 Å². The van der Waals surface area contributed by atoms with Crippen LogP contribution in [0.3, 0.4) is 0 Å². The zero-order chi connectivity index (χ0) is 13.1. The lowest BCUT2D eigenvalue weighted by atomic mass is 10.2. The summed E-state index contributed by atoms with van der Waals surface area (Å²) in [6, 6.07) is 4.30. The Labute approximate surface area is 101 Å². The van der Waals surface area contributed by atoms with Crippen LogP contribution < -0.4 is 10.0 Å². The lowest BCUT2D eigenvalue weighted by Crippen LogP contribution is -2.33. The van der Waals surface area contributed by atoms with E-state index in [0.29, 0.717) is 6.54 Å². The van der Waals surface area contributed by atoms with Crippen molar-refractivity contribution in [2.24, 2.45) is 0 Å². The highest BCUT2D eigenvalue weighted by molar-refractivity contribution is 7.93. The number of hydrogen-bond donors (Lipinski definition) is 2. The maximum absolute atomic E-state index is 13.4. The van der Waals surface area contributed by atoms with Crippen LogP contribution in [-0.4, -0.2) is 27.3 Å². The van der Waals surface area contributed by atoms with Gasteiger partial charge in [-0.25, -0.2) is 12.8 Å². The van der Waals surface area contributed by atoms with Crippen molar-refractivity contribution in [2.75, 3.05) is 18.3 Å². The summed E-state index contributed by atoms with van der Waals surface area (Å²) in [6.07, 6.45) is 0. The summed E-state index contributed by atoms with van der Waals surface area (Å²) in [5, 5.41) is 2.14. The Bertz CT molecular complexity index is 488. The first kappa shape index (κ1) is 13.9. The van der Waals surface area contributed by atoms with Gasteiger partial charge in [0.1, 0.15) is 5.82 Å². The quantitative estimate of drug-likeness (QED) is 0.843. The molecule has 4 nitrogen and oxygen atoms in total. The van der Waals surface area contributed by atoms with Gasteiger partial charge < -0.3 is 5.32 Å². The van der Waals surface area contributed by atoms with E-state index in [1.807, 2.05) is 0 Å². The summed E-state index contributed by atoms with van der Waals surface area (Å²) < 4.78 is 39.3. The predicted octanol–water partition coefficient (Wildman–Crippen LogP) is 1.48. The van der Waals surface area contributed by atoms with Crippen LogP contribution in [-0.2, 0) is 10.0 Å². The Balaban J connectivity index is 2.94. The third-order valence-corrected chi connectivity index (χ3v) is 4.13. The first-order valence-electron chi connectivity index (χ1n) is 5.29. The van der Waals surface area contributed by atoms with Gasteiger partial charge in [-0.15, -0.1) is 0 Å². The van der Waals surface area contributed by atoms with E-state index in [-0.39, 0.29) is 5.69 Å². The molecule has 0 heterocycles. The third-order valence-electron chi connectivity index (χ3n) is 2.40. The zero-order valence-electron chi connectivity index (χ0n) is 10.1. The Morgan fingerprint density at radius 3 is 2.65 bits per heavy atom. The van der Waals surface area contributed by atoms with E-state index in [4.69, 9.17) is 0 Å². The molecule has 0 amide bonds. The van der Waals surface area contributed by atoms with Crippen LogP contribution in [0, 0.1) is 12.7 Å². The number of hydrogen-bond acceptors (Lipinski definition) is 3. The second-order valence-electron chi connectivity index (χ2n) is 4.00. The minimum atomic E-state index is -3.57. The molecular formula is C11H17FN2O2S. The topological polar surface area (TPSA) is 58.2 Å². The summed E-state index contributed by atoms with van der Waals surface area (Å²) in [5.74, 6) is -0.573. The second kappa shape index (κ2) is 5.46. The minimum Gasteiger partial charge on any atom is -0.318 e. The Morgan fingerprint density at radius 2 is 2.06 bits per heavy atom. The van der Waals surface area contributed by atoms with E-state index < -0.39 is 21.1 Å². The van der Waals surface area contributed by atoms with E-state index in [1.54, 1.807) is 27.0 Å². The molecule has 0 aliphatic heterocycles. The normalized spacial score (nSPS) is 13.4. The Hall–Kier alpha value is -1.14. The largest absolute Gasteiger partial charge is 0.318 e. The number of nitrogens with one attached hydrogen (secondary N) is 2. The highest BCUT2D eigenvalue weighted by Gasteiger charge is 2.21. The molecule has 0 fully saturated rings. The van der Waals surface area contributed by atoms with Crippen LogP contribution in [0.1, 0.15) is 12.5 Å². The molecule has 0 aliphatic rings. The molecule has 6 heteroatoms. The number of benzene rings is 1. The van der Waals surface area contributed by atoms with Crippen molar-refractivity contribution in [3.63, 3.8) is 0 Å². The molecule has 0 radical (unpaired) electrons. The van der Waals surface area contributed by atoms with Gasteiger partial charge in [0.15, 0.2) is 0 Å². The van der Waals surface area contributed by atoms with Gasteiger partial charge in [-0.3, -0.25) is 4.72 Å². The van der Waals surface area contributed by atoms with E-state index >= 15 is 0 Å². The van der Waals surface area contributed by atoms with Crippen molar-refractivity contribution < 1.29 is 12.8 Å². The van der Waals surface area contributed by atoms with Crippen molar-refractivity contribution in [2.45, 2.75) is 19.1 Å². The molecule has 17 heavy (non-hydrogen) atoms. The van der Waals surface area contributed by atoms with Gasteiger partial charge in [-0.1, -0.05) is 6.07 Å². The summed E-state index contributed by atoms with van der Waals surface area (Å²) in [6.45, 7) is 3.64. The number of halogens is 1. The number of rotatable bonds is 5. The smallest absolute Gasteiger partial charge is 0.236 e. The maximum Gasteiger partial charge on any atom is 0.236 e. The molecule has 0 bridgehead atoms. The number of anilines is 1. The van der Waals surface area contributed by atoms with Crippen LogP contribution in [0.2, 0.25) is 0 Å².